The van der Waals surface area contributed by atoms with E-state index in [1.54, 1.807) is 64.5 Å². The molecule has 10 heteroatoms. The van der Waals surface area contributed by atoms with Gasteiger partial charge in [0.05, 0.1) is 75.5 Å². The SMILES string of the molecule is CCOC(=O)c1cc(Nc2ccc(OC)cc2OC)c(C(=O)OCC)cc1Nc1ccc(OC)cc1OC. The molecule has 0 spiro atoms. The van der Waals surface area contributed by atoms with E-state index in [2.05, 4.69) is 10.6 Å². The van der Waals surface area contributed by atoms with E-state index in [0.717, 1.165) is 0 Å². The van der Waals surface area contributed by atoms with Crippen LogP contribution in [0.1, 0.15) is 34.6 Å². The van der Waals surface area contributed by atoms with Crippen molar-refractivity contribution < 1.29 is 38.0 Å². The van der Waals surface area contributed by atoms with Crippen molar-refractivity contribution in [2.75, 3.05) is 52.3 Å². The van der Waals surface area contributed by atoms with Gasteiger partial charge in [-0.3, -0.25) is 0 Å². The molecule has 3 rings (SSSR count). The van der Waals surface area contributed by atoms with E-state index in [-0.39, 0.29) is 24.3 Å². The number of anilines is 4. The number of esters is 2. The number of benzene rings is 3. The summed E-state index contributed by atoms with van der Waals surface area (Å²) in [4.78, 5) is 26.1. The van der Waals surface area contributed by atoms with Crippen LogP contribution in [0.15, 0.2) is 48.5 Å². The van der Waals surface area contributed by atoms with E-state index >= 15 is 0 Å². The minimum Gasteiger partial charge on any atom is -0.497 e. The van der Waals surface area contributed by atoms with Crippen LogP contribution in [-0.2, 0) is 9.47 Å². The Morgan fingerprint density at radius 3 is 1.29 bits per heavy atom. The van der Waals surface area contributed by atoms with Gasteiger partial charge in [-0.2, -0.15) is 0 Å². The highest BCUT2D eigenvalue weighted by atomic mass is 16.5. The predicted octanol–water partition coefficient (Wildman–Crippen LogP) is 5.56. The van der Waals surface area contributed by atoms with Crippen LogP contribution in [-0.4, -0.2) is 53.6 Å². The lowest BCUT2D eigenvalue weighted by molar-refractivity contribution is 0.0513. The Morgan fingerprint density at radius 2 is 0.974 bits per heavy atom. The van der Waals surface area contributed by atoms with Crippen molar-refractivity contribution in [1.29, 1.82) is 0 Å². The minimum absolute atomic E-state index is 0.165. The maximum Gasteiger partial charge on any atom is 0.340 e. The first-order valence-electron chi connectivity index (χ1n) is 11.9. The molecular weight excluding hydrogens is 492 g/mol. The van der Waals surface area contributed by atoms with Crippen LogP contribution >= 0.6 is 0 Å². The molecule has 0 saturated heterocycles. The van der Waals surface area contributed by atoms with Gasteiger partial charge in [-0.25, -0.2) is 9.59 Å². The van der Waals surface area contributed by atoms with Crippen LogP contribution in [0.3, 0.4) is 0 Å². The van der Waals surface area contributed by atoms with Crippen molar-refractivity contribution in [3.8, 4) is 23.0 Å². The Balaban J connectivity index is 2.17. The smallest absolute Gasteiger partial charge is 0.340 e. The second kappa shape index (κ2) is 13.1. The zero-order chi connectivity index (χ0) is 27.7. The summed E-state index contributed by atoms with van der Waals surface area (Å²) in [5, 5.41) is 6.38. The summed E-state index contributed by atoms with van der Waals surface area (Å²) in [5.41, 5.74) is 2.11. The van der Waals surface area contributed by atoms with Crippen molar-refractivity contribution in [2.24, 2.45) is 0 Å². The summed E-state index contributed by atoms with van der Waals surface area (Å²) in [5.74, 6) is 0.978. The van der Waals surface area contributed by atoms with E-state index in [1.807, 2.05) is 0 Å². The molecule has 0 atom stereocenters. The number of carbonyl (C=O) groups is 2. The first-order chi connectivity index (χ1) is 18.4. The van der Waals surface area contributed by atoms with Gasteiger partial charge in [0.1, 0.15) is 23.0 Å². The Hall–Kier alpha value is -4.60. The number of hydrogen-bond acceptors (Lipinski definition) is 10. The zero-order valence-electron chi connectivity index (χ0n) is 22.3. The summed E-state index contributed by atoms with van der Waals surface area (Å²) in [6.45, 7) is 3.76. The highest BCUT2D eigenvalue weighted by Gasteiger charge is 2.23. The average molecular weight is 525 g/mol. The van der Waals surface area contributed by atoms with Gasteiger partial charge >= 0.3 is 11.9 Å². The number of rotatable bonds is 12. The van der Waals surface area contributed by atoms with E-state index in [4.69, 9.17) is 28.4 Å². The van der Waals surface area contributed by atoms with Crippen molar-refractivity contribution in [3.05, 3.63) is 59.7 Å². The van der Waals surface area contributed by atoms with Gasteiger partial charge in [-0.1, -0.05) is 0 Å². The Morgan fingerprint density at radius 1 is 0.579 bits per heavy atom. The summed E-state index contributed by atoms with van der Waals surface area (Å²) >= 11 is 0. The maximum absolute atomic E-state index is 13.0. The number of nitrogens with one attached hydrogen (secondary N) is 2. The second-order valence-corrected chi connectivity index (χ2v) is 7.77. The third-order valence-corrected chi connectivity index (χ3v) is 5.50. The van der Waals surface area contributed by atoms with Crippen molar-refractivity contribution in [1.82, 2.24) is 0 Å². The molecule has 0 bridgehead atoms. The van der Waals surface area contributed by atoms with Crippen LogP contribution in [0.2, 0.25) is 0 Å². The van der Waals surface area contributed by atoms with E-state index in [0.29, 0.717) is 45.7 Å². The molecule has 3 aromatic rings. The summed E-state index contributed by atoms with van der Waals surface area (Å²) < 4.78 is 32.1. The molecule has 2 N–H and O–H groups in total. The molecule has 0 saturated carbocycles. The van der Waals surface area contributed by atoms with Crippen molar-refractivity contribution in [2.45, 2.75) is 13.8 Å². The van der Waals surface area contributed by atoms with Crippen LogP contribution in [0.5, 0.6) is 23.0 Å². The number of methoxy groups -OCH3 is 4. The summed E-state index contributed by atoms with van der Waals surface area (Å²) in [7, 11) is 6.14. The molecule has 202 valence electrons. The minimum atomic E-state index is -0.581. The Kier molecular flexibility index (Phi) is 9.64. The molecule has 0 radical (unpaired) electrons. The molecule has 10 nitrogen and oxygen atoms in total. The van der Waals surface area contributed by atoms with Gasteiger partial charge in [-0.05, 0) is 50.2 Å². The lowest BCUT2D eigenvalue weighted by Crippen LogP contribution is -2.14. The molecule has 38 heavy (non-hydrogen) atoms. The quantitative estimate of drug-likeness (QED) is 0.292. The van der Waals surface area contributed by atoms with Gasteiger partial charge < -0.3 is 39.1 Å². The number of ether oxygens (including phenoxy) is 6. The van der Waals surface area contributed by atoms with Gasteiger partial charge in [0.25, 0.3) is 0 Å². The molecule has 0 amide bonds. The molecule has 0 fully saturated rings. The fourth-order valence-corrected chi connectivity index (χ4v) is 3.66. The Labute approximate surface area is 221 Å². The van der Waals surface area contributed by atoms with Crippen LogP contribution in [0.4, 0.5) is 22.7 Å². The largest absolute Gasteiger partial charge is 0.497 e. The maximum atomic E-state index is 13.0. The van der Waals surface area contributed by atoms with E-state index < -0.39 is 11.9 Å². The van der Waals surface area contributed by atoms with Gasteiger partial charge in [0.2, 0.25) is 0 Å². The van der Waals surface area contributed by atoms with Crippen LogP contribution in [0.25, 0.3) is 0 Å². The lowest BCUT2D eigenvalue weighted by Gasteiger charge is -2.20. The van der Waals surface area contributed by atoms with E-state index in [1.165, 1.54) is 26.4 Å². The monoisotopic (exact) mass is 524 g/mol. The summed E-state index contributed by atoms with van der Waals surface area (Å²) in [6, 6.07) is 13.4. The van der Waals surface area contributed by atoms with Gasteiger partial charge in [0.15, 0.2) is 0 Å². The molecular formula is C28H32N2O8. The molecule has 0 aliphatic rings. The zero-order valence-corrected chi connectivity index (χ0v) is 22.3. The Bertz CT molecular complexity index is 1190. The fraction of sp³-hybridized carbons (Fsp3) is 0.286. The number of hydrogen-bond donors (Lipinski definition) is 2. The van der Waals surface area contributed by atoms with Gasteiger partial charge in [-0.15, -0.1) is 0 Å². The summed E-state index contributed by atoms with van der Waals surface area (Å²) in [6.07, 6.45) is 0. The first kappa shape index (κ1) is 28.0. The van der Waals surface area contributed by atoms with Crippen molar-refractivity contribution >= 4 is 34.7 Å². The number of carbonyl (C=O) groups excluding carboxylic acids is 2. The first-order valence-corrected chi connectivity index (χ1v) is 11.9. The average Bonchev–Trinajstić information content (AvgIpc) is 2.94. The van der Waals surface area contributed by atoms with Crippen molar-refractivity contribution in [3.63, 3.8) is 0 Å². The molecule has 3 aromatic carbocycles. The third kappa shape index (κ3) is 6.39. The standard InChI is InChI=1S/C28H32N2O8/c1-7-37-27(31)19-15-24(30-22-12-10-18(34-4)14-26(22)36-6)20(28(32)38-8-2)16-23(19)29-21-11-9-17(33-3)13-25(21)35-5/h9-16,29-30H,7-8H2,1-6H3. The third-order valence-electron chi connectivity index (χ3n) is 5.50. The lowest BCUT2D eigenvalue weighted by atomic mass is 10.0. The normalized spacial score (nSPS) is 10.3. The predicted molar refractivity (Wildman–Crippen MR) is 144 cm³/mol. The molecule has 0 aliphatic carbocycles. The van der Waals surface area contributed by atoms with Gasteiger partial charge in [0, 0.05) is 12.1 Å². The molecule has 0 aliphatic heterocycles. The highest BCUT2D eigenvalue weighted by Crippen LogP contribution is 2.37. The molecule has 0 aromatic heterocycles. The second-order valence-electron chi connectivity index (χ2n) is 7.77. The van der Waals surface area contributed by atoms with E-state index in [9.17, 15) is 9.59 Å². The highest BCUT2D eigenvalue weighted by molar-refractivity contribution is 6.04. The fourth-order valence-electron chi connectivity index (χ4n) is 3.66. The van der Waals surface area contributed by atoms with Crippen LogP contribution in [0, 0.1) is 0 Å². The molecule has 0 unspecified atom stereocenters. The topological polar surface area (TPSA) is 114 Å². The molecule has 0 heterocycles. The van der Waals surface area contributed by atoms with Crippen LogP contribution < -0.4 is 29.6 Å².